The largest absolute Gasteiger partial charge is 0.311 e. The minimum Gasteiger partial charge on any atom is -0.311 e. The van der Waals surface area contributed by atoms with Gasteiger partial charge in [0, 0.05) is 18.1 Å². The summed E-state index contributed by atoms with van der Waals surface area (Å²) >= 11 is 0. The zero-order valence-corrected chi connectivity index (χ0v) is 10.1. The van der Waals surface area contributed by atoms with Crippen molar-refractivity contribution in [1.29, 1.82) is 5.26 Å². The topological polar surface area (TPSA) is 39.1 Å². The Labute approximate surface area is 88.1 Å². The van der Waals surface area contributed by atoms with Crippen LogP contribution in [-0.4, -0.2) is 37.1 Å². The smallest absolute Gasteiger partial charge is 0.0638 e. The average molecular weight is 197 g/mol. The summed E-state index contributed by atoms with van der Waals surface area (Å²) in [5.74, 6) is 0. The lowest BCUT2D eigenvalue weighted by molar-refractivity contribution is 0.184. The van der Waals surface area contributed by atoms with Gasteiger partial charge in [-0.1, -0.05) is 6.92 Å². The van der Waals surface area contributed by atoms with E-state index in [1.54, 1.807) is 0 Å². The zero-order chi connectivity index (χ0) is 11.2. The van der Waals surface area contributed by atoms with E-state index >= 15 is 0 Å². The molecule has 0 radical (unpaired) electrons. The van der Waals surface area contributed by atoms with Crippen LogP contribution in [0.3, 0.4) is 0 Å². The lowest BCUT2D eigenvalue weighted by atomic mass is 10.0. The first-order valence-corrected chi connectivity index (χ1v) is 5.21. The molecule has 14 heavy (non-hydrogen) atoms. The summed E-state index contributed by atoms with van der Waals surface area (Å²) in [6, 6.07) is 2.54. The first-order valence-electron chi connectivity index (χ1n) is 5.21. The Balaban J connectivity index is 3.97. The van der Waals surface area contributed by atoms with Gasteiger partial charge in [0.2, 0.25) is 0 Å². The van der Waals surface area contributed by atoms with E-state index in [1.807, 2.05) is 0 Å². The van der Waals surface area contributed by atoms with Crippen molar-refractivity contribution in [1.82, 2.24) is 10.2 Å². The summed E-state index contributed by atoms with van der Waals surface area (Å²) in [4.78, 5) is 2.19. The lowest BCUT2D eigenvalue weighted by Crippen LogP contribution is -2.49. The van der Waals surface area contributed by atoms with Crippen LogP contribution < -0.4 is 5.32 Å². The SMILES string of the molecule is CCC(CC#N)NCC(C)(C)N(C)C. The van der Waals surface area contributed by atoms with Crippen LogP contribution in [0.15, 0.2) is 0 Å². The molecule has 0 aromatic heterocycles. The average Bonchev–Trinajstić information content (AvgIpc) is 2.12. The zero-order valence-electron chi connectivity index (χ0n) is 10.1. The van der Waals surface area contributed by atoms with Crippen molar-refractivity contribution in [2.45, 2.75) is 45.2 Å². The molecule has 0 saturated carbocycles. The van der Waals surface area contributed by atoms with Crippen LogP contribution in [0, 0.1) is 11.3 Å². The van der Waals surface area contributed by atoms with Gasteiger partial charge in [0.25, 0.3) is 0 Å². The molecular formula is C11H23N3. The lowest BCUT2D eigenvalue weighted by Gasteiger charge is -2.34. The van der Waals surface area contributed by atoms with Gasteiger partial charge >= 0.3 is 0 Å². The highest BCUT2D eigenvalue weighted by Crippen LogP contribution is 2.09. The maximum atomic E-state index is 8.61. The molecule has 0 aromatic rings. The van der Waals surface area contributed by atoms with E-state index in [4.69, 9.17) is 5.26 Å². The Hall–Kier alpha value is -0.590. The summed E-state index contributed by atoms with van der Waals surface area (Å²) in [5, 5.41) is 12.0. The van der Waals surface area contributed by atoms with Crippen molar-refractivity contribution in [3.05, 3.63) is 0 Å². The highest BCUT2D eigenvalue weighted by Gasteiger charge is 2.21. The Bertz CT molecular complexity index is 191. The Morgan fingerprint density at radius 1 is 1.43 bits per heavy atom. The summed E-state index contributed by atoms with van der Waals surface area (Å²) in [7, 11) is 4.15. The van der Waals surface area contributed by atoms with Gasteiger partial charge in [-0.05, 0) is 34.4 Å². The number of nitrogens with zero attached hydrogens (tertiary/aromatic N) is 2. The molecule has 0 aliphatic heterocycles. The third-order valence-corrected chi connectivity index (χ3v) is 2.86. The molecule has 0 spiro atoms. The van der Waals surface area contributed by atoms with Gasteiger partial charge in [0.05, 0.1) is 12.5 Å². The molecule has 82 valence electrons. The normalized spacial score (nSPS) is 14.1. The van der Waals surface area contributed by atoms with Crippen LogP contribution in [0.2, 0.25) is 0 Å². The van der Waals surface area contributed by atoms with Crippen molar-refractivity contribution >= 4 is 0 Å². The second-order valence-electron chi connectivity index (χ2n) is 4.56. The molecule has 1 unspecified atom stereocenters. The van der Waals surface area contributed by atoms with E-state index in [0.29, 0.717) is 12.5 Å². The van der Waals surface area contributed by atoms with E-state index in [1.165, 1.54) is 0 Å². The third kappa shape index (κ3) is 4.59. The van der Waals surface area contributed by atoms with Crippen LogP contribution in [0.1, 0.15) is 33.6 Å². The molecule has 0 heterocycles. The molecule has 1 atom stereocenters. The summed E-state index contributed by atoms with van der Waals surface area (Å²) in [6.45, 7) is 7.41. The molecular weight excluding hydrogens is 174 g/mol. The summed E-state index contributed by atoms with van der Waals surface area (Å²) in [6.07, 6.45) is 1.61. The Kier molecular flexibility index (Phi) is 5.75. The van der Waals surface area contributed by atoms with Crippen LogP contribution in [0.25, 0.3) is 0 Å². The van der Waals surface area contributed by atoms with Gasteiger partial charge < -0.3 is 10.2 Å². The van der Waals surface area contributed by atoms with Crippen LogP contribution in [-0.2, 0) is 0 Å². The van der Waals surface area contributed by atoms with Gasteiger partial charge in [-0.3, -0.25) is 0 Å². The van der Waals surface area contributed by atoms with Gasteiger partial charge in [-0.25, -0.2) is 0 Å². The van der Waals surface area contributed by atoms with Gasteiger partial charge in [-0.15, -0.1) is 0 Å². The van der Waals surface area contributed by atoms with Crippen molar-refractivity contribution in [3.8, 4) is 6.07 Å². The van der Waals surface area contributed by atoms with Crippen LogP contribution in [0.4, 0.5) is 0 Å². The maximum absolute atomic E-state index is 8.61. The second kappa shape index (κ2) is 6.00. The molecule has 3 nitrogen and oxygen atoms in total. The predicted octanol–water partition coefficient (Wildman–Crippen LogP) is 1.61. The van der Waals surface area contributed by atoms with Crippen molar-refractivity contribution in [2.24, 2.45) is 0 Å². The molecule has 0 aliphatic rings. The quantitative estimate of drug-likeness (QED) is 0.703. The van der Waals surface area contributed by atoms with E-state index in [0.717, 1.165) is 13.0 Å². The third-order valence-electron chi connectivity index (χ3n) is 2.86. The fourth-order valence-corrected chi connectivity index (χ4v) is 1.02. The van der Waals surface area contributed by atoms with Crippen molar-refractivity contribution < 1.29 is 0 Å². The molecule has 0 saturated heterocycles. The molecule has 0 fully saturated rings. The molecule has 0 rings (SSSR count). The van der Waals surface area contributed by atoms with Crippen LogP contribution in [0.5, 0.6) is 0 Å². The molecule has 0 bridgehead atoms. The number of hydrogen-bond donors (Lipinski definition) is 1. The minimum absolute atomic E-state index is 0.142. The van der Waals surface area contributed by atoms with E-state index in [2.05, 4.69) is 51.2 Å². The fourth-order valence-electron chi connectivity index (χ4n) is 1.02. The molecule has 0 aromatic carbocycles. The molecule has 3 heteroatoms. The van der Waals surface area contributed by atoms with Crippen molar-refractivity contribution in [3.63, 3.8) is 0 Å². The van der Waals surface area contributed by atoms with Crippen molar-refractivity contribution in [2.75, 3.05) is 20.6 Å². The van der Waals surface area contributed by atoms with Crippen LogP contribution >= 0.6 is 0 Å². The standard InChI is InChI=1S/C11H23N3/c1-6-10(7-8-12)13-9-11(2,3)14(4)5/h10,13H,6-7,9H2,1-5H3. The highest BCUT2D eigenvalue weighted by atomic mass is 15.2. The first kappa shape index (κ1) is 13.4. The monoisotopic (exact) mass is 197 g/mol. The number of hydrogen-bond acceptors (Lipinski definition) is 3. The fraction of sp³-hybridized carbons (Fsp3) is 0.909. The number of nitriles is 1. The number of nitrogens with one attached hydrogen (secondary N) is 1. The maximum Gasteiger partial charge on any atom is 0.0638 e. The van der Waals surface area contributed by atoms with Gasteiger partial charge in [0.1, 0.15) is 0 Å². The van der Waals surface area contributed by atoms with E-state index in [-0.39, 0.29) is 5.54 Å². The predicted molar refractivity (Wildman–Crippen MR) is 60.1 cm³/mol. The highest BCUT2D eigenvalue weighted by molar-refractivity contribution is 4.85. The minimum atomic E-state index is 0.142. The molecule has 0 amide bonds. The summed E-state index contributed by atoms with van der Waals surface area (Å²) in [5.41, 5.74) is 0.142. The first-order chi connectivity index (χ1) is 6.44. The van der Waals surface area contributed by atoms with Gasteiger partial charge in [0.15, 0.2) is 0 Å². The molecule has 1 N–H and O–H groups in total. The number of rotatable bonds is 6. The number of likely N-dealkylation sites (N-methyl/N-ethyl adjacent to an activating group) is 1. The van der Waals surface area contributed by atoms with Gasteiger partial charge in [-0.2, -0.15) is 5.26 Å². The van der Waals surface area contributed by atoms with E-state index < -0.39 is 0 Å². The molecule has 0 aliphatic carbocycles. The Morgan fingerprint density at radius 2 is 2.00 bits per heavy atom. The second-order valence-corrected chi connectivity index (χ2v) is 4.56. The Morgan fingerprint density at radius 3 is 2.36 bits per heavy atom. The van der Waals surface area contributed by atoms with E-state index in [9.17, 15) is 0 Å². The summed E-state index contributed by atoms with van der Waals surface area (Å²) < 4.78 is 0.